The summed E-state index contributed by atoms with van der Waals surface area (Å²) in [7, 11) is 0. The van der Waals surface area contributed by atoms with Crippen LogP contribution in [0.15, 0.2) is 16.9 Å². The summed E-state index contributed by atoms with van der Waals surface area (Å²) in [5.74, 6) is -1.74. The maximum atomic E-state index is 14.6. The number of aliphatic hydroxyl groups is 2. The maximum absolute atomic E-state index is 14.6. The number of ether oxygens (including phenoxy) is 1. The Kier molecular flexibility index (Phi) is 5.26. The summed E-state index contributed by atoms with van der Waals surface area (Å²) < 4.78 is 21.2. The Morgan fingerprint density at radius 1 is 1.23 bits per heavy atom. The minimum absolute atomic E-state index is 0.156. The summed E-state index contributed by atoms with van der Waals surface area (Å²) in [5.41, 5.74) is 8.30. The van der Waals surface area contributed by atoms with E-state index in [1.54, 1.807) is 17.6 Å². The number of nitrogens with two attached hydrogens (primary N) is 1. The zero-order valence-corrected chi connectivity index (χ0v) is 19.3. The highest BCUT2D eigenvalue weighted by atomic mass is 19.1. The summed E-state index contributed by atoms with van der Waals surface area (Å²) in [6, 6.07) is 3.14. The Morgan fingerprint density at radius 3 is 2.60 bits per heavy atom. The van der Waals surface area contributed by atoms with Crippen molar-refractivity contribution in [2.75, 3.05) is 6.61 Å². The molecule has 10 heteroatoms. The first kappa shape index (κ1) is 23.1. The van der Waals surface area contributed by atoms with Gasteiger partial charge in [-0.1, -0.05) is 0 Å². The molecule has 0 saturated heterocycles. The number of benzene rings is 1. The van der Waals surface area contributed by atoms with E-state index in [0.29, 0.717) is 29.0 Å². The highest BCUT2D eigenvalue weighted by Gasteiger charge is 2.43. The molecule has 4 heterocycles. The number of nitrogens with zero attached hydrogens (tertiary/aromatic N) is 2. The van der Waals surface area contributed by atoms with Crippen LogP contribution in [0, 0.1) is 12.7 Å². The molecule has 9 nitrogen and oxygen atoms in total. The molecule has 3 aliphatic rings. The fourth-order valence-corrected chi connectivity index (χ4v) is 5.27. The monoisotopic (exact) mass is 481 g/mol. The van der Waals surface area contributed by atoms with E-state index < -0.39 is 24.1 Å². The van der Waals surface area contributed by atoms with Gasteiger partial charge in [0.2, 0.25) is 5.91 Å². The summed E-state index contributed by atoms with van der Waals surface area (Å²) in [6.45, 7) is 2.80. The number of pyridine rings is 2. The standard InChI is InChI=1S/C23H19FN2O4.C2H5NO2/c1-10-11-4-3-5-12-13-8-26-18(20(13)25-17(19(11)12)7-16(10)24)6-15-14(21(26)27)9-30-22(28)23(15,2)29;3-2(5)1-4/h6-7,29H,3-5,8-9H2,1-2H3;4H,1H2,(H2,3,5). The van der Waals surface area contributed by atoms with Gasteiger partial charge in [-0.05, 0) is 55.9 Å². The van der Waals surface area contributed by atoms with Crippen LogP contribution in [0.25, 0.3) is 22.3 Å². The zero-order chi connectivity index (χ0) is 25.2. The molecule has 0 spiro atoms. The van der Waals surface area contributed by atoms with Crippen LogP contribution in [-0.4, -0.2) is 38.2 Å². The van der Waals surface area contributed by atoms with E-state index in [1.165, 1.54) is 13.0 Å². The molecule has 0 bridgehead atoms. The number of fused-ring (bicyclic) bond motifs is 5. The number of aromatic nitrogens is 2. The highest BCUT2D eigenvalue weighted by Crippen LogP contribution is 2.42. The quantitative estimate of drug-likeness (QED) is 0.345. The van der Waals surface area contributed by atoms with Gasteiger partial charge < -0.3 is 25.3 Å². The summed E-state index contributed by atoms with van der Waals surface area (Å²) in [6.07, 6.45) is 2.58. The van der Waals surface area contributed by atoms with Crippen LogP contribution in [0.3, 0.4) is 0 Å². The molecule has 182 valence electrons. The van der Waals surface area contributed by atoms with Gasteiger partial charge in [-0.2, -0.15) is 0 Å². The molecule has 0 saturated carbocycles. The Labute approximate surface area is 199 Å². The molecule has 3 aromatic rings. The Bertz CT molecular complexity index is 1510. The van der Waals surface area contributed by atoms with Crippen molar-refractivity contribution in [2.24, 2.45) is 5.73 Å². The second-order valence-corrected chi connectivity index (χ2v) is 9.21. The number of aliphatic hydroxyl groups excluding tert-OH is 1. The number of primary amides is 1. The lowest BCUT2D eigenvalue weighted by Gasteiger charge is -2.29. The number of rotatable bonds is 1. The highest BCUT2D eigenvalue weighted by molar-refractivity contribution is 5.92. The molecule has 1 atom stereocenters. The van der Waals surface area contributed by atoms with Crippen molar-refractivity contribution in [3.05, 3.63) is 61.7 Å². The number of cyclic esters (lactones) is 1. The second-order valence-electron chi connectivity index (χ2n) is 9.21. The van der Waals surface area contributed by atoms with Crippen molar-refractivity contribution in [3.8, 4) is 11.4 Å². The molecule has 6 rings (SSSR count). The van der Waals surface area contributed by atoms with Gasteiger partial charge in [-0.25, -0.2) is 14.2 Å². The predicted octanol–water partition coefficient (Wildman–Crippen LogP) is 1.09. The zero-order valence-electron chi connectivity index (χ0n) is 19.3. The minimum Gasteiger partial charge on any atom is -0.458 e. The van der Waals surface area contributed by atoms with E-state index in [9.17, 15) is 23.9 Å². The van der Waals surface area contributed by atoms with Gasteiger partial charge in [0.25, 0.3) is 5.56 Å². The second kappa shape index (κ2) is 7.96. The fraction of sp³-hybridized carbons (Fsp3) is 0.360. The van der Waals surface area contributed by atoms with E-state index in [-0.39, 0.29) is 29.1 Å². The van der Waals surface area contributed by atoms with Gasteiger partial charge in [-0.15, -0.1) is 0 Å². The Morgan fingerprint density at radius 2 is 1.91 bits per heavy atom. The first-order chi connectivity index (χ1) is 16.6. The third-order valence-electron chi connectivity index (χ3n) is 7.05. The predicted molar refractivity (Wildman–Crippen MR) is 123 cm³/mol. The lowest BCUT2D eigenvalue weighted by Crippen LogP contribution is -2.42. The fourth-order valence-electron chi connectivity index (χ4n) is 5.27. The lowest BCUT2D eigenvalue weighted by molar-refractivity contribution is -0.169. The molecular weight excluding hydrogens is 457 g/mol. The Balaban J connectivity index is 0.000000464. The van der Waals surface area contributed by atoms with Gasteiger partial charge in [0.15, 0.2) is 5.60 Å². The van der Waals surface area contributed by atoms with Crippen molar-refractivity contribution in [3.63, 3.8) is 0 Å². The first-order valence-corrected chi connectivity index (χ1v) is 11.3. The Hall–Kier alpha value is -3.63. The van der Waals surface area contributed by atoms with Crippen LogP contribution in [-0.2, 0) is 45.9 Å². The maximum Gasteiger partial charge on any atom is 0.342 e. The lowest BCUT2D eigenvalue weighted by atomic mass is 9.84. The average molecular weight is 481 g/mol. The molecule has 2 aliphatic heterocycles. The third-order valence-corrected chi connectivity index (χ3v) is 7.05. The van der Waals surface area contributed by atoms with E-state index >= 15 is 0 Å². The smallest absolute Gasteiger partial charge is 0.342 e. The number of amides is 1. The molecule has 2 aromatic heterocycles. The summed E-state index contributed by atoms with van der Waals surface area (Å²) in [4.78, 5) is 39.4. The first-order valence-electron chi connectivity index (χ1n) is 11.3. The van der Waals surface area contributed by atoms with Gasteiger partial charge in [0.05, 0.1) is 29.0 Å². The molecule has 1 aromatic carbocycles. The van der Waals surface area contributed by atoms with Crippen LogP contribution < -0.4 is 11.3 Å². The number of carbonyl (C=O) groups is 2. The average Bonchev–Trinajstić information content (AvgIpc) is 3.20. The number of hydrogen-bond donors (Lipinski definition) is 3. The van der Waals surface area contributed by atoms with Gasteiger partial charge in [-0.3, -0.25) is 9.59 Å². The topological polar surface area (TPSA) is 145 Å². The van der Waals surface area contributed by atoms with Crippen LogP contribution in [0.4, 0.5) is 4.39 Å². The van der Waals surface area contributed by atoms with Crippen LogP contribution in [0.2, 0.25) is 0 Å². The number of carbonyl (C=O) groups excluding carboxylic acids is 2. The number of esters is 1. The van der Waals surface area contributed by atoms with Crippen molar-refractivity contribution in [1.82, 2.24) is 9.55 Å². The third kappa shape index (κ3) is 3.35. The molecule has 1 aliphatic carbocycles. The molecule has 1 amide bonds. The van der Waals surface area contributed by atoms with E-state index in [0.717, 1.165) is 41.3 Å². The summed E-state index contributed by atoms with van der Waals surface area (Å²) >= 11 is 0. The van der Waals surface area contributed by atoms with Crippen LogP contribution in [0.5, 0.6) is 0 Å². The molecular formula is C25H24FN3O6. The normalized spacial score (nSPS) is 19.3. The van der Waals surface area contributed by atoms with Crippen molar-refractivity contribution < 1.29 is 28.9 Å². The molecule has 1 unspecified atom stereocenters. The van der Waals surface area contributed by atoms with Crippen LogP contribution >= 0.6 is 0 Å². The van der Waals surface area contributed by atoms with E-state index in [2.05, 4.69) is 5.73 Å². The molecule has 0 radical (unpaired) electrons. The minimum atomic E-state index is -1.90. The van der Waals surface area contributed by atoms with Gasteiger partial charge >= 0.3 is 5.97 Å². The van der Waals surface area contributed by atoms with Crippen molar-refractivity contribution >= 4 is 22.8 Å². The number of aryl methyl sites for hydroxylation is 2. The number of halogens is 1. The molecule has 0 fully saturated rings. The van der Waals surface area contributed by atoms with Gasteiger partial charge in [0, 0.05) is 22.6 Å². The van der Waals surface area contributed by atoms with Crippen LogP contribution in [0.1, 0.15) is 46.7 Å². The van der Waals surface area contributed by atoms with E-state index in [4.69, 9.17) is 14.8 Å². The largest absolute Gasteiger partial charge is 0.458 e. The van der Waals surface area contributed by atoms with Crippen molar-refractivity contribution in [1.29, 1.82) is 0 Å². The van der Waals surface area contributed by atoms with Crippen molar-refractivity contribution in [2.45, 2.75) is 51.9 Å². The SMILES string of the molecule is Cc1c(F)cc2nc3c(c4c2c1CCC4)Cn1c-3cc2c(c1=O)COC(=O)C2(C)O.NC(=O)CO. The molecule has 35 heavy (non-hydrogen) atoms. The summed E-state index contributed by atoms with van der Waals surface area (Å²) in [5, 5.41) is 19.4. The van der Waals surface area contributed by atoms with E-state index in [1.807, 2.05) is 0 Å². The van der Waals surface area contributed by atoms with Gasteiger partial charge in [0.1, 0.15) is 19.0 Å². The molecule has 4 N–H and O–H groups in total. The number of hydrogen-bond acceptors (Lipinski definition) is 7.